The van der Waals surface area contributed by atoms with Crippen molar-refractivity contribution in [2.24, 2.45) is 10.1 Å². The highest BCUT2D eigenvalue weighted by molar-refractivity contribution is 7.87. The first-order chi connectivity index (χ1) is 20.4. The van der Waals surface area contributed by atoms with E-state index in [1.165, 1.54) is 17.4 Å². The van der Waals surface area contributed by atoms with E-state index in [0.29, 0.717) is 73.1 Å². The van der Waals surface area contributed by atoms with Gasteiger partial charge in [0, 0.05) is 55.5 Å². The van der Waals surface area contributed by atoms with Gasteiger partial charge in [0.2, 0.25) is 0 Å². The van der Waals surface area contributed by atoms with E-state index in [2.05, 4.69) is 19.9 Å². The Bertz CT molecular complexity index is 1670. The molecule has 2 unspecified atom stereocenters. The fourth-order valence-electron chi connectivity index (χ4n) is 7.53. The molecule has 1 aromatic heterocycles. The Labute approximate surface area is 251 Å². The van der Waals surface area contributed by atoms with Crippen LogP contribution in [0.25, 0.3) is 0 Å². The van der Waals surface area contributed by atoms with Crippen molar-refractivity contribution in [1.29, 1.82) is 0 Å². The van der Waals surface area contributed by atoms with E-state index in [1.807, 2.05) is 9.80 Å². The fourth-order valence-corrected chi connectivity index (χ4v) is 8.94. The standard InChI is InChI=1S/C27H31FN8O5S2/c1-15-17(3-2-4-18(15)28)21-20(24(37)38)19(31-22(32-21)23-30-5-8-42-23)11-34-6-7-35-16(9-34)10-36(25(35)39)27-12-26(13-27,14-27)33-43(29,40)41/h2-5,8,16,21,33H,6-7,9-14H2,1H3,(H,31,32)(H,37,38)(H2,29,40,41). The molecule has 16 heteroatoms. The van der Waals surface area contributed by atoms with Crippen molar-refractivity contribution in [3.63, 3.8) is 0 Å². The van der Waals surface area contributed by atoms with Crippen LogP contribution in [-0.4, -0.2) is 101 Å². The molecule has 3 aliphatic heterocycles. The number of carbonyl (C=O) groups excluding carboxylic acids is 1. The lowest BCUT2D eigenvalue weighted by Crippen LogP contribution is -2.84. The van der Waals surface area contributed by atoms with E-state index in [1.54, 1.807) is 30.6 Å². The lowest BCUT2D eigenvalue weighted by Gasteiger charge is -2.72. The average Bonchev–Trinajstić information content (AvgIpc) is 3.54. The third-order valence-corrected chi connectivity index (χ3v) is 10.8. The number of aromatic nitrogens is 1. The number of fused-ring (bicyclic) bond motifs is 1. The number of amides is 2. The molecule has 4 heterocycles. The molecule has 3 aliphatic carbocycles. The molecule has 8 rings (SSSR count). The van der Waals surface area contributed by atoms with E-state index < -0.39 is 33.6 Å². The quantitative estimate of drug-likeness (QED) is 0.333. The number of aliphatic imine (C=N–C) groups is 1. The first-order valence-corrected chi connectivity index (χ1v) is 16.4. The summed E-state index contributed by atoms with van der Waals surface area (Å²) in [6, 6.07) is 3.51. The van der Waals surface area contributed by atoms with Crippen LogP contribution in [-0.2, 0) is 15.0 Å². The van der Waals surface area contributed by atoms with Crippen molar-refractivity contribution >= 4 is 39.4 Å². The summed E-state index contributed by atoms with van der Waals surface area (Å²) < 4.78 is 40.2. The van der Waals surface area contributed by atoms with Gasteiger partial charge in [-0.25, -0.2) is 24.1 Å². The van der Waals surface area contributed by atoms with Crippen LogP contribution in [0.3, 0.4) is 0 Å². The van der Waals surface area contributed by atoms with Crippen LogP contribution in [0.15, 0.2) is 46.0 Å². The number of halogens is 1. The van der Waals surface area contributed by atoms with Gasteiger partial charge < -0.3 is 20.2 Å². The topological polar surface area (TPSA) is 174 Å². The Morgan fingerprint density at radius 1 is 1.28 bits per heavy atom. The van der Waals surface area contributed by atoms with E-state index in [-0.39, 0.29) is 29.7 Å². The molecule has 5 N–H and O–H groups in total. The lowest BCUT2D eigenvalue weighted by atomic mass is 9.44. The first-order valence-electron chi connectivity index (χ1n) is 14.0. The largest absolute Gasteiger partial charge is 0.478 e. The zero-order chi connectivity index (χ0) is 30.3. The maximum absolute atomic E-state index is 14.6. The van der Waals surface area contributed by atoms with Crippen LogP contribution in [0.1, 0.15) is 41.4 Å². The van der Waals surface area contributed by atoms with Gasteiger partial charge in [-0.05, 0) is 43.4 Å². The number of carbonyl (C=O) groups is 2. The number of benzene rings is 1. The molecule has 13 nitrogen and oxygen atoms in total. The van der Waals surface area contributed by atoms with Gasteiger partial charge in [-0.1, -0.05) is 12.1 Å². The number of hydrogen-bond donors (Lipinski definition) is 4. The molecule has 6 aliphatic rings. The number of rotatable bonds is 8. The van der Waals surface area contributed by atoms with E-state index >= 15 is 0 Å². The van der Waals surface area contributed by atoms with Crippen LogP contribution >= 0.6 is 11.3 Å². The number of thiazole rings is 1. The van der Waals surface area contributed by atoms with E-state index in [9.17, 15) is 27.5 Å². The van der Waals surface area contributed by atoms with Crippen molar-refractivity contribution in [2.45, 2.75) is 49.3 Å². The number of nitrogens with zero attached hydrogens (tertiary/aromatic N) is 5. The van der Waals surface area contributed by atoms with E-state index in [0.717, 1.165) is 0 Å². The minimum atomic E-state index is -3.82. The maximum Gasteiger partial charge on any atom is 0.335 e. The Morgan fingerprint density at radius 2 is 2.05 bits per heavy atom. The minimum Gasteiger partial charge on any atom is -0.478 e. The summed E-state index contributed by atoms with van der Waals surface area (Å²) >= 11 is 1.36. The SMILES string of the molecule is Cc1c(F)cccc1C1N=C(c2nccs2)NC(CN2CCN3C(=O)N(C45CC(NS(N)(=O)=O)(C4)C5)CC3C2)=C1C(=O)O. The van der Waals surface area contributed by atoms with Crippen molar-refractivity contribution < 1.29 is 27.5 Å². The summed E-state index contributed by atoms with van der Waals surface area (Å²) in [6.45, 7) is 3.94. The number of urea groups is 1. The van der Waals surface area contributed by atoms with Gasteiger partial charge in [0.05, 0.1) is 17.2 Å². The molecule has 2 amide bonds. The summed E-state index contributed by atoms with van der Waals surface area (Å²) in [5.74, 6) is -1.16. The Hall–Kier alpha value is -3.44. The molecule has 43 heavy (non-hydrogen) atoms. The van der Waals surface area contributed by atoms with Gasteiger partial charge in [0.1, 0.15) is 11.9 Å². The number of carboxylic acid groups (broad SMARTS) is 1. The second kappa shape index (κ2) is 9.79. The predicted octanol–water partition coefficient (Wildman–Crippen LogP) is 0.910. The minimum absolute atomic E-state index is 0.0436. The number of aliphatic carboxylic acids is 1. The summed E-state index contributed by atoms with van der Waals surface area (Å²) in [5, 5.41) is 21.2. The molecule has 0 radical (unpaired) electrons. The molecule has 1 aromatic carbocycles. The number of nitrogens with one attached hydrogen (secondary N) is 2. The zero-order valence-corrected chi connectivity index (χ0v) is 24.9. The highest BCUT2D eigenvalue weighted by Gasteiger charge is 2.73. The third kappa shape index (κ3) is 4.71. The van der Waals surface area contributed by atoms with Gasteiger partial charge in [-0.2, -0.15) is 13.1 Å². The monoisotopic (exact) mass is 630 g/mol. The van der Waals surface area contributed by atoms with Crippen molar-refractivity contribution in [1.82, 2.24) is 29.7 Å². The summed E-state index contributed by atoms with van der Waals surface area (Å²) in [7, 11) is -3.82. The summed E-state index contributed by atoms with van der Waals surface area (Å²) in [6.07, 6.45) is 3.28. The summed E-state index contributed by atoms with van der Waals surface area (Å²) in [5.41, 5.74) is 0.398. The molecule has 0 spiro atoms. The molecule has 2 aromatic rings. The summed E-state index contributed by atoms with van der Waals surface area (Å²) in [4.78, 5) is 41.0. The third-order valence-electron chi connectivity index (χ3n) is 9.35. The molecule has 228 valence electrons. The van der Waals surface area contributed by atoms with Crippen LogP contribution in [0.4, 0.5) is 9.18 Å². The normalized spacial score (nSPS) is 30.4. The van der Waals surface area contributed by atoms with Crippen molar-refractivity contribution in [2.75, 3.05) is 32.7 Å². The van der Waals surface area contributed by atoms with Gasteiger partial charge >= 0.3 is 12.0 Å². The Kier molecular flexibility index (Phi) is 6.45. The fraction of sp³-hybridized carbons (Fsp3) is 0.481. The van der Waals surface area contributed by atoms with Crippen LogP contribution < -0.4 is 15.2 Å². The van der Waals surface area contributed by atoms with Gasteiger partial charge in [0.15, 0.2) is 10.8 Å². The molecule has 2 bridgehead atoms. The molecule has 3 saturated carbocycles. The van der Waals surface area contributed by atoms with E-state index in [4.69, 9.17) is 10.1 Å². The first kappa shape index (κ1) is 28.3. The second-order valence-corrected chi connectivity index (χ2v) is 14.3. The predicted molar refractivity (Wildman–Crippen MR) is 155 cm³/mol. The number of nitrogens with two attached hydrogens (primary N) is 1. The van der Waals surface area contributed by atoms with Crippen molar-refractivity contribution in [3.8, 4) is 0 Å². The Morgan fingerprint density at radius 3 is 2.72 bits per heavy atom. The Balaban J connectivity index is 1.12. The number of carboxylic acids is 1. The van der Waals surface area contributed by atoms with Gasteiger partial charge in [0.25, 0.3) is 10.2 Å². The molecular weight excluding hydrogens is 599 g/mol. The van der Waals surface area contributed by atoms with Crippen LogP contribution in [0.5, 0.6) is 0 Å². The number of piperazine rings is 1. The number of hydrogen-bond acceptors (Lipinski definition) is 9. The van der Waals surface area contributed by atoms with Crippen LogP contribution in [0.2, 0.25) is 0 Å². The molecular formula is C27H31FN8O5S2. The molecule has 2 saturated heterocycles. The number of amidine groups is 1. The molecule has 2 atom stereocenters. The molecule has 5 fully saturated rings. The van der Waals surface area contributed by atoms with Gasteiger partial charge in [-0.15, -0.1) is 11.3 Å². The lowest BCUT2D eigenvalue weighted by molar-refractivity contribution is -0.145. The van der Waals surface area contributed by atoms with Crippen LogP contribution in [0, 0.1) is 12.7 Å². The highest BCUT2D eigenvalue weighted by Crippen LogP contribution is 2.64. The smallest absolute Gasteiger partial charge is 0.335 e. The van der Waals surface area contributed by atoms with Crippen molar-refractivity contribution in [3.05, 3.63) is 63.0 Å². The van der Waals surface area contributed by atoms with Gasteiger partial charge in [-0.3, -0.25) is 9.89 Å². The average molecular weight is 631 g/mol. The zero-order valence-electron chi connectivity index (χ0n) is 23.3. The second-order valence-electron chi connectivity index (χ2n) is 12.2. The highest BCUT2D eigenvalue weighted by atomic mass is 32.2. The maximum atomic E-state index is 14.6.